The Bertz CT molecular complexity index is 675. The van der Waals surface area contributed by atoms with E-state index in [1.807, 2.05) is 0 Å². The van der Waals surface area contributed by atoms with Crippen LogP contribution in [0, 0.1) is 0 Å². The highest BCUT2D eigenvalue weighted by Crippen LogP contribution is 2.37. The van der Waals surface area contributed by atoms with E-state index in [0.29, 0.717) is 48.9 Å². The molecule has 0 radical (unpaired) electrons. The van der Waals surface area contributed by atoms with Crippen LogP contribution in [-0.2, 0) is 12.2 Å². The van der Waals surface area contributed by atoms with Crippen LogP contribution in [0.5, 0.6) is 0 Å². The number of aromatic amines is 2. The number of nitrogens with one attached hydrogen (secondary N) is 2. The molecule has 1 saturated heterocycles. The van der Waals surface area contributed by atoms with E-state index in [4.69, 9.17) is 11.6 Å². The van der Waals surface area contributed by atoms with Crippen molar-refractivity contribution in [2.75, 3.05) is 13.1 Å². The third-order valence-electron chi connectivity index (χ3n) is 3.91. The van der Waals surface area contributed by atoms with Crippen molar-refractivity contribution in [2.45, 2.75) is 25.1 Å². The predicted octanol–water partition coefficient (Wildman–Crippen LogP) is 2.21. The van der Waals surface area contributed by atoms with E-state index in [-0.39, 0.29) is 5.69 Å². The van der Waals surface area contributed by atoms with Crippen molar-refractivity contribution in [3.63, 3.8) is 0 Å². The molecule has 5 nitrogen and oxygen atoms in total. The first-order valence-electron chi connectivity index (χ1n) is 6.86. The second kappa shape index (κ2) is 5.61. The van der Waals surface area contributed by atoms with E-state index in [1.54, 1.807) is 24.3 Å². The molecule has 0 amide bonds. The summed E-state index contributed by atoms with van der Waals surface area (Å²) in [7, 11) is 0. The molecule has 0 bridgehead atoms. The van der Waals surface area contributed by atoms with Crippen LogP contribution in [0.2, 0.25) is 5.02 Å². The van der Waals surface area contributed by atoms with Gasteiger partial charge in [-0.3, -0.25) is 9.88 Å². The molecule has 2 aromatic rings. The first kappa shape index (κ1) is 14.3. The van der Waals surface area contributed by atoms with E-state index in [1.165, 1.54) is 0 Å². The fraction of sp³-hybridized carbons (Fsp3) is 0.429. The molecule has 1 aromatic heterocycles. The van der Waals surface area contributed by atoms with E-state index < -0.39 is 5.67 Å². The van der Waals surface area contributed by atoms with E-state index >= 15 is 4.39 Å². The van der Waals surface area contributed by atoms with Gasteiger partial charge in [-0.15, -0.1) is 0 Å². The molecule has 1 aliphatic rings. The van der Waals surface area contributed by atoms with Gasteiger partial charge in [0.25, 0.3) is 0 Å². The summed E-state index contributed by atoms with van der Waals surface area (Å²) < 4.78 is 15.0. The molecule has 1 fully saturated rings. The molecule has 0 unspecified atom stereocenters. The maximum Gasteiger partial charge on any atom is 0.340 e. The predicted molar refractivity (Wildman–Crippen MR) is 78.0 cm³/mol. The van der Waals surface area contributed by atoms with Crippen molar-refractivity contribution in [1.82, 2.24) is 20.1 Å². The number of likely N-dealkylation sites (tertiary alicyclic amines) is 1. The zero-order valence-corrected chi connectivity index (χ0v) is 12.2. The van der Waals surface area contributed by atoms with E-state index in [2.05, 4.69) is 20.1 Å². The fourth-order valence-corrected chi connectivity index (χ4v) is 2.90. The highest BCUT2D eigenvalue weighted by Gasteiger charge is 2.36. The second-order valence-electron chi connectivity index (χ2n) is 5.38. The lowest BCUT2D eigenvalue weighted by Gasteiger charge is -2.36. The number of alkyl halides is 1. The number of hydrogen-bond donors (Lipinski definition) is 2. The molecule has 1 aromatic carbocycles. The van der Waals surface area contributed by atoms with Crippen molar-refractivity contribution in [3.05, 3.63) is 51.2 Å². The van der Waals surface area contributed by atoms with Gasteiger partial charge in [-0.1, -0.05) is 23.7 Å². The van der Waals surface area contributed by atoms with Crippen LogP contribution in [0.15, 0.2) is 29.1 Å². The van der Waals surface area contributed by atoms with Crippen LogP contribution < -0.4 is 5.69 Å². The molecule has 2 heterocycles. The third-order valence-corrected chi connectivity index (χ3v) is 4.15. The normalized spacial score (nSPS) is 18.8. The lowest BCUT2D eigenvalue weighted by Crippen LogP contribution is -2.40. The first-order valence-corrected chi connectivity index (χ1v) is 7.24. The summed E-state index contributed by atoms with van der Waals surface area (Å²) in [6.45, 7) is 1.74. The van der Waals surface area contributed by atoms with E-state index in [0.717, 1.165) is 0 Å². The van der Waals surface area contributed by atoms with Gasteiger partial charge in [-0.05, 0) is 30.5 Å². The fourth-order valence-electron chi connectivity index (χ4n) is 2.71. The summed E-state index contributed by atoms with van der Waals surface area (Å²) in [6, 6.07) is 7.01. The van der Waals surface area contributed by atoms with Gasteiger partial charge >= 0.3 is 5.69 Å². The molecular weight excluding hydrogens is 295 g/mol. The minimum atomic E-state index is -1.33. The zero-order valence-electron chi connectivity index (χ0n) is 11.4. The SMILES string of the molecule is O=c1[nH]nc(CN2CCC(F)(c3cccc(Cl)c3)CC2)[nH]1. The van der Waals surface area contributed by atoms with Crippen molar-refractivity contribution in [3.8, 4) is 0 Å². The van der Waals surface area contributed by atoms with Crippen molar-refractivity contribution in [1.29, 1.82) is 0 Å². The number of piperidine rings is 1. The standard InChI is InChI=1S/C14H16ClFN4O/c15-11-3-1-2-10(8-11)14(16)4-6-20(7-5-14)9-12-17-13(21)19-18-12/h1-3,8H,4-7,9H2,(H2,17,18,19,21). The zero-order chi connectivity index (χ0) is 14.9. The summed E-state index contributed by atoms with van der Waals surface area (Å²) in [5.41, 5.74) is -1.01. The number of nitrogens with zero attached hydrogens (tertiary/aromatic N) is 2. The number of benzene rings is 1. The Morgan fingerprint density at radius 1 is 1.38 bits per heavy atom. The van der Waals surface area contributed by atoms with Gasteiger partial charge in [0.1, 0.15) is 11.5 Å². The van der Waals surface area contributed by atoms with Crippen LogP contribution in [0.1, 0.15) is 24.2 Å². The summed E-state index contributed by atoms with van der Waals surface area (Å²) in [6.07, 6.45) is 0.810. The molecule has 3 rings (SSSR count). The lowest BCUT2D eigenvalue weighted by atomic mass is 9.86. The average molecular weight is 311 g/mol. The molecule has 112 valence electrons. The van der Waals surface area contributed by atoms with Gasteiger partial charge in [0.05, 0.1) is 6.54 Å². The summed E-state index contributed by atoms with van der Waals surface area (Å²) in [5, 5.41) is 6.76. The van der Waals surface area contributed by atoms with Crippen molar-refractivity contribution >= 4 is 11.6 Å². The summed E-state index contributed by atoms with van der Waals surface area (Å²) in [5.74, 6) is 0.578. The Labute approximate surface area is 126 Å². The minimum Gasteiger partial charge on any atom is -0.296 e. The highest BCUT2D eigenvalue weighted by atomic mass is 35.5. The Morgan fingerprint density at radius 2 is 2.14 bits per heavy atom. The van der Waals surface area contributed by atoms with Gasteiger partial charge in [0.2, 0.25) is 0 Å². The third kappa shape index (κ3) is 3.16. The van der Waals surface area contributed by atoms with Gasteiger partial charge in [-0.2, -0.15) is 5.10 Å². The number of H-pyrrole nitrogens is 2. The number of halogens is 2. The smallest absolute Gasteiger partial charge is 0.296 e. The molecule has 0 saturated carbocycles. The van der Waals surface area contributed by atoms with E-state index in [9.17, 15) is 4.79 Å². The quantitative estimate of drug-likeness (QED) is 0.913. The molecule has 7 heteroatoms. The molecule has 1 aliphatic heterocycles. The largest absolute Gasteiger partial charge is 0.340 e. The number of hydrogen-bond acceptors (Lipinski definition) is 3. The topological polar surface area (TPSA) is 64.8 Å². The Kier molecular flexibility index (Phi) is 3.82. The molecule has 21 heavy (non-hydrogen) atoms. The first-order chi connectivity index (χ1) is 10.0. The highest BCUT2D eigenvalue weighted by molar-refractivity contribution is 6.30. The van der Waals surface area contributed by atoms with Gasteiger partial charge in [0, 0.05) is 18.1 Å². The Hall–Kier alpha value is -1.66. The lowest BCUT2D eigenvalue weighted by molar-refractivity contribution is 0.0515. The van der Waals surface area contributed by atoms with Crippen molar-refractivity contribution < 1.29 is 4.39 Å². The van der Waals surface area contributed by atoms with Crippen LogP contribution in [-0.4, -0.2) is 33.2 Å². The molecule has 0 spiro atoms. The minimum absolute atomic E-state index is 0.319. The van der Waals surface area contributed by atoms with Crippen LogP contribution in [0.4, 0.5) is 4.39 Å². The number of aromatic nitrogens is 3. The molecule has 2 N–H and O–H groups in total. The Morgan fingerprint density at radius 3 is 2.76 bits per heavy atom. The monoisotopic (exact) mass is 310 g/mol. The average Bonchev–Trinajstić information content (AvgIpc) is 2.87. The maximum atomic E-state index is 15.0. The number of rotatable bonds is 3. The molecular formula is C14H16ClFN4O. The van der Waals surface area contributed by atoms with Crippen LogP contribution >= 0.6 is 11.6 Å². The van der Waals surface area contributed by atoms with Crippen molar-refractivity contribution in [2.24, 2.45) is 0 Å². The molecule has 0 atom stereocenters. The second-order valence-corrected chi connectivity index (χ2v) is 5.81. The molecule has 0 aliphatic carbocycles. The van der Waals surface area contributed by atoms with Gasteiger partial charge < -0.3 is 0 Å². The van der Waals surface area contributed by atoms with Gasteiger partial charge in [-0.25, -0.2) is 14.3 Å². The van der Waals surface area contributed by atoms with Crippen LogP contribution in [0.3, 0.4) is 0 Å². The van der Waals surface area contributed by atoms with Gasteiger partial charge in [0.15, 0.2) is 0 Å². The van der Waals surface area contributed by atoms with Crippen LogP contribution in [0.25, 0.3) is 0 Å². The maximum absolute atomic E-state index is 15.0. The summed E-state index contributed by atoms with van der Waals surface area (Å²) in [4.78, 5) is 15.7. The Balaban J connectivity index is 1.65. The summed E-state index contributed by atoms with van der Waals surface area (Å²) >= 11 is 5.94.